The van der Waals surface area contributed by atoms with E-state index in [0.29, 0.717) is 16.0 Å². The van der Waals surface area contributed by atoms with Crippen LogP contribution >= 0.6 is 34.5 Å². The molecule has 21 heavy (non-hydrogen) atoms. The SMILES string of the molecule is CCCNC(c1cc(Cl)cc(Cl)c1)c1nc(C(C)C)cs1. The first kappa shape index (κ1) is 16.8. The van der Waals surface area contributed by atoms with Crippen molar-refractivity contribution in [3.63, 3.8) is 0 Å². The molecule has 0 amide bonds. The molecule has 2 aromatic rings. The average molecular weight is 343 g/mol. The highest BCUT2D eigenvalue weighted by molar-refractivity contribution is 7.09. The molecule has 1 aromatic carbocycles. The Labute approximate surface area is 140 Å². The molecular formula is C16H20Cl2N2S. The number of halogens is 2. The number of hydrogen-bond acceptors (Lipinski definition) is 3. The Bertz CT molecular complexity index is 575. The fourth-order valence-corrected chi connectivity index (χ4v) is 3.70. The lowest BCUT2D eigenvalue weighted by atomic mass is 10.1. The van der Waals surface area contributed by atoms with Gasteiger partial charge in [-0.25, -0.2) is 4.98 Å². The first-order chi connectivity index (χ1) is 10.0. The van der Waals surface area contributed by atoms with Crippen LogP contribution < -0.4 is 5.32 Å². The summed E-state index contributed by atoms with van der Waals surface area (Å²) in [6.07, 6.45) is 1.06. The number of nitrogens with one attached hydrogen (secondary N) is 1. The summed E-state index contributed by atoms with van der Waals surface area (Å²) in [5.41, 5.74) is 2.19. The van der Waals surface area contributed by atoms with Crippen molar-refractivity contribution in [2.24, 2.45) is 0 Å². The van der Waals surface area contributed by atoms with Gasteiger partial charge in [-0.1, -0.05) is 44.0 Å². The molecule has 0 bridgehead atoms. The minimum atomic E-state index is 0.0404. The molecule has 0 spiro atoms. The van der Waals surface area contributed by atoms with E-state index in [1.807, 2.05) is 12.1 Å². The lowest BCUT2D eigenvalue weighted by molar-refractivity contribution is 0.593. The smallest absolute Gasteiger partial charge is 0.114 e. The van der Waals surface area contributed by atoms with E-state index in [-0.39, 0.29) is 6.04 Å². The minimum absolute atomic E-state index is 0.0404. The summed E-state index contributed by atoms with van der Waals surface area (Å²) in [5.74, 6) is 0.435. The van der Waals surface area contributed by atoms with E-state index in [1.165, 1.54) is 0 Å². The zero-order valence-corrected chi connectivity index (χ0v) is 14.8. The normalized spacial score (nSPS) is 12.9. The van der Waals surface area contributed by atoms with E-state index in [0.717, 1.165) is 29.2 Å². The number of aromatic nitrogens is 1. The molecule has 0 aliphatic rings. The van der Waals surface area contributed by atoms with Crippen LogP contribution in [0.25, 0.3) is 0 Å². The summed E-state index contributed by atoms with van der Waals surface area (Å²) >= 11 is 14.0. The van der Waals surface area contributed by atoms with Crippen LogP contribution in [0.5, 0.6) is 0 Å². The van der Waals surface area contributed by atoms with Gasteiger partial charge in [0, 0.05) is 15.4 Å². The molecule has 0 aliphatic carbocycles. The minimum Gasteiger partial charge on any atom is -0.304 e. The first-order valence-electron chi connectivity index (χ1n) is 7.16. The molecule has 0 fully saturated rings. The fraction of sp³-hybridized carbons (Fsp3) is 0.438. The van der Waals surface area contributed by atoms with Crippen LogP contribution in [0.15, 0.2) is 23.6 Å². The van der Waals surface area contributed by atoms with Gasteiger partial charge in [0.15, 0.2) is 0 Å². The Morgan fingerprint density at radius 2 is 1.86 bits per heavy atom. The van der Waals surface area contributed by atoms with Crippen LogP contribution in [0.1, 0.15) is 55.4 Å². The lowest BCUT2D eigenvalue weighted by Crippen LogP contribution is -2.23. The standard InChI is InChI=1S/C16H20Cl2N2S/c1-4-5-19-15(11-6-12(17)8-13(18)7-11)16-20-14(9-21-16)10(2)3/h6-10,15,19H,4-5H2,1-3H3. The molecule has 1 aromatic heterocycles. The van der Waals surface area contributed by atoms with E-state index in [2.05, 4.69) is 31.5 Å². The van der Waals surface area contributed by atoms with Crippen molar-refractivity contribution in [3.05, 3.63) is 49.9 Å². The zero-order chi connectivity index (χ0) is 15.4. The second-order valence-corrected chi connectivity index (χ2v) is 7.12. The van der Waals surface area contributed by atoms with Crippen LogP contribution in [0, 0.1) is 0 Å². The Morgan fingerprint density at radius 1 is 1.19 bits per heavy atom. The van der Waals surface area contributed by atoms with Crippen molar-refractivity contribution in [1.29, 1.82) is 0 Å². The van der Waals surface area contributed by atoms with E-state index in [9.17, 15) is 0 Å². The summed E-state index contributed by atoms with van der Waals surface area (Å²) in [6, 6.07) is 5.71. The lowest BCUT2D eigenvalue weighted by Gasteiger charge is -2.17. The Kier molecular flexibility index (Phi) is 6.06. The molecule has 2 nitrogen and oxygen atoms in total. The quantitative estimate of drug-likeness (QED) is 0.732. The number of benzene rings is 1. The summed E-state index contributed by atoms with van der Waals surface area (Å²) in [4.78, 5) is 4.77. The molecule has 114 valence electrons. The van der Waals surface area contributed by atoms with Crippen molar-refractivity contribution in [2.75, 3.05) is 6.54 Å². The Morgan fingerprint density at radius 3 is 2.38 bits per heavy atom. The van der Waals surface area contributed by atoms with E-state index in [4.69, 9.17) is 28.2 Å². The van der Waals surface area contributed by atoms with Gasteiger partial charge >= 0.3 is 0 Å². The van der Waals surface area contributed by atoms with Crippen LogP contribution in [0.4, 0.5) is 0 Å². The molecular weight excluding hydrogens is 323 g/mol. The predicted molar refractivity (Wildman–Crippen MR) is 92.8 cm³/mol. The predicted octanol–water partition coefficient (Wildman–Crippen LogP) is 5.66. The summed E-state index contributed by atoms with van der Waals surface area (Å²) in [7, 11) is 0. The van der Waals surface area contributed by atoms with E-state index >= 15 is 0 Å². The third kappa shape index (κ3) is 4.43. The van der Waals surface area contributed by atoms with Crippen LogP contribution in [-0.2, 0) is 0 Å². The maximum Gasteiger partial charge on any atom is 0.114 e. The molecule has 0 radical (unpaired) electrons. The molecule has 0 saturated carbocycles. The molecule has 5 heteroatoms. The van der Waals surface area contributed by atoms with Gasteiger partial charge in [0.1, 0.15) is 5.01 Å². The van der Waals surface area contributed by atoms with Crippen molar-refractivity contribution in [3.8, 4) is 0 Å². The first-order valence-corrected chi connectivity index (χ1v) is 8.79. The van der Waals surface area contributed by atoms with E-state index in [1.54, 1.807) is 17.4 Å². The van der Waals surface area contributed by atoms with Crippen molar-refractivity contribution in [2.45, 2.75) is 39.2 Å². The van der Waals surface area contributed by atoms with Gasteiger partial charge < -0.3 is 5.32 Å². The highest BCUT2D eigenvalue weighted by Crippen LogP contribution is 2.31. The van der Waals surface area contributed by atoms with Crippen LogP contribution in [-0.4, -0.2) is 11.5 Å². The van der Waals surface area contributed by atoms with Crippen molar-refractivity contribution >= 4 is 34.5 Å². The fourth-order valence-electron chi connectivity index (χ4n) is 2.08. The molecule has 0 saturated heterocycles. The Hall–Kier alpha value is -0.610. The van der Waals surface area contributed by atoms with Gasteiger partial charge in [0.05, 0.1) is 11.7 Å². The second kappa shape index (κ2) is 7.59. The molecule has 1 atom stereocenters. The second-order valence-electron chi connectivity index (χ2n) is 5.36. The largest absolute Gasteiger partial charge is 0.304 e. The average Bonchev–Trinajstić information content (AvgIpc) is 2.88. The summed E-state index contributed by atoms with van der Waals surface area (Å²) in [6.45, 7) is 7.38. The number of rotatable bonds is 6. The molecule has 1 unspecified atom stereocenters. The third-order valence-electron chi connectivity index (χ3n) is 3.19. The zero-order valence-electron chi connectivity index (χ0n) is 12.5. The number of hydrogen-bond donors (Lipinski definition) is 1. The molecule has 1 N–H and O–H groups in total. The van der Waals surface area contributed by atoms with Gasteiger partial charge in [-0.15, -0.1) is 11.3 Å². The number of thiazole rings is 1. The summed E-state index contributed by atoms with van der Waals surface area (Å²) in [5, 5.41) is 8.04. The molecule has 0 aliphatic heterocycles. The topological polar surface area (TPSA) is 24.9 Å². The van der Waals surface area contributed by atoms with Crippen LogP contribution in [0.2, 0.25) is 10.0 Å². The Balaban J connectivity index is 2.36. The summed E-state index contributed by atoms with van der Waals surface area (Å²) < 4.78 is 0. The maximum atomic E-state index is 6.14. The van der Waals surface area contributed by atoms with Crippen molar-refractivity contribution in [1.82, 2.24) is 10.3 Å². The molecule has 1 heterocycles. The molecule has 2 rings (SSSR count). The highest BCUT2D eigenvalue weighted by atomic mass is 35.5. The van der Waals surface area contributed by atoms with Crippen LogP contribution in [0.3, 0.4) is 0 Å². The monoisotopic (exact) mass is 342 g/mol. The van der Waals surface area contributed by atoms with Gasteiger partial charge in [-0.3, -0.25) is 0 Å². The van der Waals surface area contributed by atoms with Gasteiger partial charge in [-0.05, 0) is 42.6 Å². The van der Waals surface area contributed by atoms with Gasteiger partial charge in [0.2, 0.25) is 0 Å². The number of nitrogens with zero attached hydrogens (tertiary/aromatic N) is 1. The highest BCUT2D eigenvalue weighted by Gasteiger charge is 2.19. The van der Waals surface area contributed by atoms with Gasteiger partial charge in [0.25, 0.3) is 0 Å². The maximum absolute atomic E-state index is 6.14. The third-order valence-corrected chi connectivity index (χ3v) is 4.56. The van der Waals surface area contributed by atoms with Gasteiger partial charge in [-0.2, -0.15) is 0 Å². The van der Waals surface area contributed by atoms with E-state index < -0.39 is 0 Å². The van der Waals surface area contributed by atoms with Crippen molar-refractivity contribution < 1.29 is 0 Å².